The van der Waals surface area contributed by atoms with E-state index in [-0.39, 0.29) is 17.9 Å². The summed E-state index contributed by atoms with van der Waals surface area (Å²) >= 11 is 3.20. The van der Waals surface area contributed by atoms with Gasteiger partial charge in [-0.25, -0.2) is 0 Å². The summed E-state index contributed by atoms with van der Waals surface area (Å²) in [5, 5.41) is 28.3. The molecule has 5 heteroatoms. The Bertz CT molecular complexity index is 640. The predicted molar refractivity (Wildman–Crippen MR) is 78.0 cm³/mol. The number of rotatable bonds is 4. The highest BCUT2D eigenvalue weighted by atomic mass is 79.9. The van der Waals surface area contributed by atoms with Crippen molar-refractivity contribution in [3.05, 3.63) is 58.1 Å². The number of phenolic OH excluding ortho intramolecular Hbond substituents is 2. The Labute approximate surface area is 124 Å². The van der Waals surface area contributed by atoms with Crippen LogP contribution in [0.4, 0.5) is 0 Å². The SMILES string of the molecule is O=C(O)C(Cc1ccc(O)c(Br)c1)c1cccc(O)c1. The lowest BCUT2D eigenvalue weighted by atomic mass is 9.92. The molecule has 0 radical (unpaired) electrons. The van der Waals surface area contributed by atoms with Crippen LogP contribution < -0.4 is 0 Å². The molecule has 3 N–H and O–H groups in total. The number of aliphatic carboxylic acids is 1. The summed E-state index contributed by atoms with van der Waals surface area (Å²) in [7, 11) is 0. The van der Waals surface area contributed by atoms with Crippen molar-refractivity contribution in [2.45, 2.75) is 12.3 Å². The zero-order valence-corrected chi connectivity index (χ0v) is 12.0. The molecule has 0 heterocycles. The van der Waals surface area contributed by atoms with Crippen molar-refractivity contribution in [3.8, 4) is 11.5 Å². The summed E-state index contributed by atoms with van der Waals surface area (Å²) in [6.07, 6.45) is 0.275. The first-order valence-electron chi connectivity index (χ1n) is 5.96. The molecule has 2 rings (SSSR count). The van der Waals surface area contributed by atoms with Gasteiger partial charge in [-0.3, -0.25) is 4.79 Å². The van der Waals surface area contributed by atoms with E-state index in [4.69, 9.17) is 0 Å². The molecule has 104 valence electrons. The standard InChI is InChI=1S/C15H13BrO4/c16-13-7-9(4-5-14(13)18)6-12(15(19)20)10-2-1-3-11(17)8-10/h1-5,7-8,12,17-18H,6H2,(H,19,20). The highest BCUT2D eigenvalue weighted by Gasteiger charge is 2.21. The third-order valence-corrected chi connectivity index (χ3v) is 3.66. The van der Waals surface area contributed by atoms with Crippen LogP contribution in [-0.4, -0.2) is 21.3 Å². The third-order valence-electron chi connectivity index (χ3n) is 3.02. The fraction of sp³-hybridized carbons (Fsp3) is 0.133. The van der Waals surface area contributed by atoms with Crippen LogP contribution in [0.2, 0.25) is 0 Å². The molecule has 4 nitrogen and oxygen atoms in total. The monoisotopic (exact) mass is 336 g/mol. The van der Waals surface area contributed by atoms with Crippen LogP contribution in [0.3, 0.4) is 0 Å². The van der Waals surface area contributed by atoms with Gasteiger partial charge in [-0.2, -0.15) is 0 Å². The summed E-state index contributed by atoms with van der Waals surface area (Å²) < 4.78 is 0.523. The second-order valence-electron chi connectivity index (χ2n) is 4.48. The van der Waals surface area contributed by atoms with E-state index >= 15 is 0 Å². The zero-order chi connectivity index (χ0) is 14.7. The molecule has 1 unspecified atom stereocenters. The number of hydrogen-bond acceptors (Lipinski definition) is 3. The molecule has 0 fully saturated rings. The van der Waals surface area contributed by atoms with E-state index in [1.165, 1.54) is 18.2 Å². The molecule has 0 spiro atoms. The maximum atomic E-state index is 11.4. The number of benzene rings is 2. The number of carboxylic acid groups (broad SMARTS) is 1. The molecule has 0 aliphatic heterocycles. The first kappa shape index (κ1) is 14.4. The maximum absolute atomic E-state index is 11.4. The summed E-state index contributed by atoms with van der Waals surface area (Å²) in [6, 6.07) is 11.1. The fourth-order valence-corrected chi connectivity index (χ4v) is 2.43. The zero-order valence-electron chi connectivity index (χ0n) is 10.5. The average Bonchev–Trinajstić information content (AvgIpc) is 2.39. The minimum atomic E-state index is -0.959. The maximum Gasteiger partial charge on any atom is 0.311 e. The van der Waals surface area contributed by atoms with Crippen molar-refractivity contribution in [1.29, 1.82) is 0 Å². The Morgan fingerprint density at radius 1 is 1.15 bits per heavy atom. The first-order valence-corrected chi connectivity index (χ1v) is 6.76. The summed E-state index contributed by atoms with van der Waals surface area (Å²) in [5.74, 6) is -1.56. The van der Waals surface area contributed by atoms with Gasteiger partial charge >= 0.3 is 5.97 Å². The van der Waals surface area contributed by atoms with E-state index < -0.39 is 11.9 Å². The Kier molecular flexibility index (Phi) is 4.29. The van der Waals surface area contributed by atoms with Gasteiger partial charge in [-0.15, -0.1) is 0 Å². The summed E-state index contributed by atoms with van der Waals surface area (Å²) in [6.45, 7) is 0. The van der Waals surface area contributed by atoms with E-state index in [1.54, 1.807) is 24.3 Å². The van der Waals surface area contributed by atoms with Gasteiger partial charge < -0.3 is 15.3 Å². The highest BCUT2D eigenvalue weighted by Crippen LogP contribution is 2.29. The van der Waals surface area contributed by atoms with Gasteiger partial charge in [0.05, 0.1) is 10.4 Å². The molecule has 0 saturated heterocycles. The molecule has 0 saturated carbocycles. The van der Waals surface area contributed by atoms with Crippen LogP contribution in [0.1, 0.15) is 17.0 Å². The van der Waals surface area contributed by atoms with Crippen LogP contribution >= 0.6 is 15.9 Å². The van der Waals surface area contributed by atoms with Gasteiger partial charge in [-0.1, -0.05) is 18.2 Å². The molecule has 20 heavy (non-hydrogen) atoms. The van der Waals surface area contributed by atoms with E-state index in [0.717, 1.165) is 5.56 Å². The van der Waals surface area contributed by atoms with E-state index in [0.29, 0.717) is 10.0 Å². The van der Waals surface area contributed by atoms with Crippen LogP contribution in [0.15, 0.2) is 46.9 Å². The van der Waals surface area contributed by atoms with Crippen molar-refractivity contribution >= 4 is 21.9 Å². The van der Waals surface area contributed by atoms with Crippen molar-refractivity contribution in [3.63, 3.8) is 0 Å². The lowest BCUT2D eigenvalue weighted by molar-refractivity contribution is -0.138. The van der Waals surface area contributed by atoms with Gasteiger partial charge in [0.2, 0.25) is 0 Å². The predicted octanol–water partition coefficient (Wildman–Crippen LogP) is 3.27. The Hall–Kier alpha value is -2.01. The van der Waals surface area contributed by atoms with Gasteiger partial charge in [0.1, 0.15) is 11.5 Å². The molecule has 2 aromatic rings. The van der Waals surface area contributed by atoms with E-state index in [2.05, 4.69) is 15.9 Å². The van der Waals surface area contributed by atoms with Crippen molar-refractivity contribution in [2.24, 2.45) is 0 Å². The topological polar surface area (TPSA) is 77.8 Å². The van der Waals surface area contributed by atoms with Crippen LogP contribution in [-0.2, 0) is 11.2 Å². The molecule has 0 aliphatic rings. The molecule has 0 aliphatic carbocycles. The van der Waals surface area contributed by atoms with Crippen LogP contribution in [0, 0.1) is 0 Å². The minimum absolute atomic E-state index is 0.0423. The highest BCUT2D eigenvalue weighted by molar-refractivity contribution is 9.10. The number of aromatic hydroxyl groups is 2. The number of carboxylic acids is 1. The Balaban J connectivity index is 2.30. The van der Waals surface area contributed by atoms with Crippen LogP contribution in [0.5, 0.6) is 11.5 Å². The van der Waals surface area contributed by atoms with Gasteiger partial charge in [0.25, 0.3) is 0 Å². The normalized spacial score (nSPS) is 12.1. The lowest BCUT2D eigenvalue weighted by Crippen LogP contribution is -2.14. The molecule has 0 amide bonds. The second kappa shape index (κ2) is 5.96. The molecule has 1 atom stereocenters. The second-order valence-corrected chi connectivity index (χ2v) is 5.33. The fourth-order valence-electron chi connectivity index (χ4n) is 2.00. The van der Waals surface area contributed by atoms with E-state index in [9.17, 15) is 20.1 Å². The largest absolute Gasteiger partial charge is 0.508 e. The van der Waals surface area contributed by atoms with Crippen molar-refractivity contribution in [2.75, 3.05) is 0 Å². The number of hydrogen-bond donors (Lipinski definition) is 3. The first-order chi connectivity index (χ1) is 9.47. The van der Waals surface area contributed by atoms with Crippen LogP contribution in [0.25, 0.3) is 0 Å². The van der Waals surface area contributed by atoms with Gasteiger partial charge in [0, 0.05) is 0 Å². The number of phenols is 2. The van der Waals surface area contributed by atoms with E-state index in [1.807, 2.05) is 0 Å². The molecule has 2 aromatic carbocycles. The molecule has 0 aromatic heterocycles. The summed E-state index contributed by atoms with van der Waals surface area (Å²) in [5.41, 5.74) is 1.33. The van der Waals surface area contributed by atoms with Gasteiger partial charge in [-0.05, 0) is 57.7 Å². The lowest BCUT2D eigenvalue weighted by Gasteiger charge is -2.13. The third kappa shape index (κ3) is 3.30. The van der Waals surface area contributed by atoms with Crippen molar-refractivity contribution < 1.29 is 20.1 Å². The van der Waals surface area contributed by atoms with Gasteiger partial charge in [0.15, 0.2) is 0 Å². The summed E-state index contributed by atoms with van der Waals surface area (Å²) in [4.78, 5) is 11.4. The molecule has 0 bridgehead atoms. The number of carbonyl (C=O) groups is 1. The smallest absolute Gasteiger partial charge is 0.311 e. The quantitative estimate of drug-likeness (QED) is 0.800. The Morgan fingerprint density at radius 2 is 1.90 bits per heavy atom. The van der Waals surface area contributed by atoms with Crippen molar-refractivity contribution in [1.82, 2.24) is 0 Å². The average molecular weight is 337 g/mol. The minimum Gasteiger partial charge on any atom is -0.508 e. The Morgan fingerprint density at radius 3 is 2.50 bits per heavy atom. The molecular formula is C15H13BrO4. The number of halogens is 1. The molecular weight excluding hydrogens is 324 g/mol.